The summed E-state index contributed by atoms with van der Waals surface area (Å²) in [6.45, 7) is 7.60. The van der Waals surface area contributed by atoms with Crippen molar-refractivity contribution in [2.75, 3.05) is 56.5 Å². The summed E-state index contributed by atoms with van der Waals surface area (Å²) in [5.41, 5.74) is 0.347. The van der Waals surface area contributed by atoms with E-state index in [1.807, 2.05) is 7.05 Å². The summed E-state index contributed by atoms with van der Waals surface area (Å²) < 4.78 is 29.5. The average molecular weight is 436 g/mol. The van der Waals surface area contributed by atoms with Crippen LogP contribution in [0, 0.1) is 23.0 Å². The first-order chi connectivity index (χ1) is 14.8. The molecule has 3 heterocycles. The standard InChI is InChI=1S/C22H31F2N5O2/c1-14(5-6-25-2)9-28-10-22(11-28)12-29(13-22)20-16(23)7-15(8-17(20)24)26-18-3-4-19(30)27-21(18)31/h7-8,14,18,25-26H,3-6,9-13H2,1-2H3,(H,27,30,31). The van der Waals surface area contributed by atoms with E-state index >= 15 is 0 Å². The fourth-order valence-electron chi connectivity index (χ4n) is 5.06. The number of nitrogens with zero attached hydrogens (tertiary/aromatic N) is 2. The number of anilines is 2. The van der Waals surface area contributed by atoms with Crippen molar-refractivity contribution < 1.29 is 18.4 Å². The van der Waals surface area contributed by atoms with Crippen molar-refractivity contribution in [3.63, 3.8) is 0 Å². The third kappa shape index (κ3) is 4.67. The van der Waals surface area contributed by atoms with Crippen LogP contribution in [-0.4, -0.2) is 69.1 Å². The van der Waals surface area contributed by atoms with Gasteiger partial charge in [0.15, 0.2) is 11.6 Å². The van der Waals surface area contributed by atoms with Crippen LogP contribution in [0.2, 0.25) is 0 Å². The summed E-state index contributed by atoms with van der Waals surface area (Å²) in [5, 5.41) is 8.25. The first-order valence-corrected chi connectivity index (χ1v) is 11.0. The van der Waals surface area contributed by atoms with E-state index in [2.05, 4.69) is 27.8 Å². The van der Waals surface area contributed by atoms with Gasteiger partial charge in [-0.15, -0.1) is 0 Å². The van der Waals surface area contributed by atoms with Gasteiger partial charge in [0.25, 0.3) is 0 Å². The first kappa shape index (κ1) is 22.0. The van der Waals surface area contributed by atoms with Crippen molar-refractivity contribution in [2.24, 2.45) is 11.3 Å². The molecular weight excluding hydrogens is 404 g/mol. The van der Waals surface area contributed by atoms with Gasteiger partial charge in [-0.25, -0.2) is 8.78 Å². The number of likely N-dealkylation sites (tertiary alicyclic amines) is 1. The summed E-state index contributed by atoms with van der Waals surface area (Å²) in [6.07, 6.45) is 1.64. The van der Waals surface area contributed by atoms with Crippen LogP contribution < -0.4 is 20.9 Å². The molecule has 7 nitrogen and oxygen atoms in total. The van der Waals surface area contributed by atoms with E-state index in [0.717, 1.165) is 32.6 Å². The maximum Gasteiger partial charge on any atom is 0.249 e. The van der Waals surface area contributed by atoms with Crippen LogP contribution in [0.3, 0.4) is 0 Å². The molecule has 0 aliphatic carbocycles. The van der Waals surface area contributed by atoms with E-state index in [-0.39, 0.29) is 29.1 Å². The van der Waals surface area contributed by atoms with Crippen LogP contribution >= 0.6 is 0 Å². The number of amides is 2. The summed E-state index contributed by atoms with van der Waals surface area (Å²) >= 11 is 0. The lowest BCUT2D eigenvalue weighted by molar-refractivity contribution is -0.133. The highest BCUT2D eigenvalue weighted by Gasteiger charge is 2.52. The lowest BCUT2D eigenvalue weighted by atomic mass is 9.72. The molecule has 2 atom stereocenters. The van der Waals surface area contributed by atoms with Crippen molar-refractivity contribution in [3.8, 4) is 0 Å². The second kappa shape index (κ2) is 8.70. The Morgan fingerprint density at radius 3 is 2.48 bits per heavy atom. The molecule has 3 aliphatic rings. The van der Waals surface area contributed by atoms with Crippen LogP contribution in [0.15, 0.2) is 12.1 Å². The topological polar surface area (TPSA) is 76.7 Å². The van der Waals surface area contributed by atoms with E-state index < -0.39 is 23.6 Å². The molecule has 9 heteroatoms. The fourth-order valence-corrected chi connectivity index (χ4v) is 5.06. The van der Waals surface area contributed by atoms with Gasteiger partial charge in [0.05, 0.1) is 0 Å². The quantitative estimate of drug-likeness (QED) is 0.538. The highest BCUT2D eigenvalue weighted by atomic mass is 19.1. The van der Waals surface area contributed by atoms with Crippen molar-refractivity contribution >= 4 is 23.2 Å². The van der Waals surface area contributed by atoms with Crippen LogP contribution in [0.25, 0.3) is 0 Å². The van der Waals surface area contributed by atoms with Gasteiger partial charge in [0, 0.05) is 50.2 Å². The second-order valence-corrected chi connectivity index (χ2v) is 9.46. The van der Waals surface area contributed by atoms with Crippen LogP contribution in [-0.2, 0) is 9.59 Å². The number of halogens is 2. The SMILES string of the molecule is CNCCC(C)CN1CC2(C1)CN(c1c(F)cc(NC3CCC(=O)NC3=O)cc1F)C2. The number of piperidine rings is 1. The minimum atomic E-state index is -0.675. The number of nitrogens with one attached hydrogen (secondary N) is 3. The molecule has 3 aliphatic heterocycles. The number of rotatable bonds is 8. The molecule has 3 N–H and O–H groups in total. The van der Waals surface area contributed by atoms with E-state index in [4.69, 9.17) is 0 Å². The van der Waals surface area contributed by atoms with Crippen molar-refractivity contribution in [2.45, 2.75) is 32.2 Å². The Morgan fingerprint density at radius 1 is 1.19 bits per heavy atom. The molecule has 2 amide bonds. The number of carbonyl (C=O) groups is 2. The lowest BCUT2D eigenvalue weighted by Gasteiger charge is -2.61. The molecule has 2 unspecified atom stereocenters. The van der Waals surface area contributed by atoms with E-state index in [1.165, 1.54) is 12.1 Å². The van der Waals surface area contributed by atoms with Gasteiger partial charge < -0.3 is 20.4 Å². The molecule has 1 spiro atoms. The van der Waals surface area contributed by atoms with Gasteiger partial charge in [-0.05, 0) is 44.5 Å². The third-order valence-electron chi connectivity index (χ3n) is 6.54. The maximum atomic E-state index is 14.7. The van der Waals surface area contributed by atoms with Crippen LogP contribution in [0.4, 0.5) is 20.2 Å². The predicted octanol–water partition coefficient (Wildman–Crippen LogP) is 1.55. The maximum absolute atomic E-state index is 14.7. The smallest absolute Gasteiger partial charge is 0.249 e. The molecule has 0 saturated carbocycles. The van der Waals surface area contributed by atoms with Gasteiger partial charge in [-0.1, -0.05) is 6.92 Å². The summed E-state index contributed by atoms with van der Waals surface area (Å²) in [4.78, 5) is 27.3. The molecule has 0 aromatic heterocycles. The zero-order valence-corrected chi connectivity index (χ0v) is 18.1. The molecule has 170 valence electrons. The minimum Gasteiger partial charge on any atom is -0.373 e. The Kier molecular flexibility index (Phi) is 6.16. The van der Waals surface area contributed by atoms with E-state index in [1.54, 1.807) is 4.90 Å². The van der Waals surface area contributed by atoms with Gasteiger partial charge in [-0.2, -0.15) is 0 Å². The third-order valence-corrected chi connectivity index (χ3v) is 6.54. The molecule has 1 aromatic rings. The molecule has 4 rings (SSSR count). The van der Waals surface area contributed by atoms with Gasteiger partial charge in [0.1, 0.15) is 11.7 Å². The fraction of sp³-hybridized carbons (Fsp3) is 0.636. The second-order valence-electron chi connectivity index (χ2n) is 9.46. The van der Waals surface area contributed by atoms with Crippen LogP contribution in [0.5, 0.6) is 0 Å². The number of hydrogen-bond donors (Lipinski definition) is 3. The van der Waals surface area contributed by atoms with E-state index in [9.17, 15) is 18.4 Å². The zero-order chi connectivity index (χ0) is 22.2. The van der Waals surface area contributed by atoms with Crippen molar-refractivity contribution in [3.05, 3.63) is 23.8 Å². The van der Waals surface area contributed by atoms with Crippen molar-refractivity contribution in [1.29, 1.82) is 0 Å². The first-order valence-electron chi connectivity index (χ1n) is 11.0. The van der Waals surface area contributed by atoms with Gasteiger partial charge in [-0.3, -0.25) is 14.9 Å². The monoisotopic (exact) mass is 435 g/mol. The van der Waals surface area contributed by atoms with Crippen LogP contribution in [0.1, 0.15) is 26.2 Å². The molecule has 0 bridgehead atoms. The zero-order valence-electron chi connectivity index (χ0n) is 18.1. The highest BCUT2D eigenvalue weighted by molar-refractivity contribution is 6.01. The summed E-state index contributed by atoms with van der Waals surface area (Å²) in [6, 6.07) is 1.78. The summed E-state index contributed by atoms with van der Waals surface area (Å²) in [7, 11) is 1.96. The Balaban J connectivity index is 1.30. The molecule has 3 saturated heterocycles. The van der Waals surface area contributed by atoms with E-state index in [0.29, 0.717) is 25.4 Å². The Morgan fingerprint density at radius 2 is 1.87 bits per heavy atom. The van der Waals surface area contributed by atoms with Gasteiger partial charge >= 0.3 is 0 Å². The summed E-state index contributed by atoms with van der Waals surface area (Å²) in [5.74, 6) is -1.45. The molecule has 1 aromatic carbocycles. The molecule has 0 radical (unpaired) electrons. The minimum absolute atomic E-state index is 0.000265. The number of hydrogen-bond acceptors (Lipinski definition) is 6. The number of carbonyl (C=O) groups excluding carboxylic acids is 2. The predicted molar refractivity (Wildman–Crippen MR) is 115 cm³/mol. The van der Waals surface area contributed by atoms with Gasteiger partial charge in [0.2, 0.25) is 11.8 Å². The lowest BCUT2D eigenvalue weighted by Crippen LogP contribution is -2.72. The number of benzene rings is 1. The number of imide groups is 1. The largest absolute Gasteiger partial charge is 0.373 e. The Labute approximate surface area is 181 Å². The molecular formula is C22H31F2N5O2. The highest BCUT2D eigenvalue weighted by Crippen LogP contribution is 2.44. The Bertz CT molecular complexity index is 827. The Hall–Kier alpha value is -2.26. The average Bonchev–Trinajstić information content (AvgIpc) is 2.64. The normalized spacial score (nSPS) is 23.9. The molecule has 31 heavy (non-hydrogen) atoms. The molecule has 3 fully saturated rings. The van der Waals surface area contributed by atoms with Crippen molar-refractivity contribution in [1.82, 2.24) is 15.5 Å².